The maximum absolute atomic E-state index is 13.4. The molecule has 0 aliphatic heterocycles. The molecule has 14 aromatic rings. The highest BCUT2D eigenvalue weighted by Gasteiger charge is 2.25. The molecule has 4 N–H and O–H groups in total. The summed E-state index contributed by atoms with van der Waals surface area (Å²) in [7, 11) is 0. The molecule has 510 valence electrons. The number of nitrogens with one attached hydrogen (secondary N) is 3. The Labute approximate surface area is 594 Å². The number of carbonyl (C=O) groups is 4. The van der Waals surface area contributed by atoms with E-state index < -0.39 is 17.7 Å². The fourth-order valence-corrected chi connectivity index (χ4v) is 12.9. The highest BCUT2D eigenvalue weighted by Crippen LogP contribution is 2.33. The Morgan fingerprint density at radius 2 is 0.871 bits per heavy atom. The van der Waals surface area contributed by atoms with Crippen molar-refractivity contribution < 1.29 is 29.0 Å². The lowest BCUT2D eigenvalue weighted by Crippen LogP contribution is -2.37. The summed E-state index contributed by atoms with van der Waals surface area (Å²) in [5, 5.41) is 32.1. The number of hydrogen-bond donors (Lipinski definition) is 4. The number of carboxylic acids is 1. The number of rotatable bonds is 19. The van der Waals surface area contributed by atoms with Crippen LogP contribution in [0.2, 0.25) is 0 Å². The zero-order valence-corrected chi connectivity index (χ0v) is 59.2. The number of amides is 3. The number of carbonyl (C=O) groups excluding carboxylic acids is 3. The number of benzene rings is 5. The van der Waals surface area contributed by atoms with Gasteiger partial charge in [-0.25, -0.2) is 53.5 Å². The van der Waals surface area contributed by atoms with E-state index in [1.165, 1.54) is 0 Å². The lowest BCUT2D eigenvalue weighted by atomic mass is 10.1. The molecule has 0 atom stereocenters. The largest absolute Gasteiger partial charge is 0.476 e. The van der Waals surface area contributed by atoms with Gasteiger partial charge in [-0.1, -0.05) is 63.1 Å². The minimum absolute atomic E-state index is 0.0160. The molecule has 0 aliphatic carbocycles. The summed E-state index contributed by atoms with van der Waals surface area (Å²) in [6.07, 6.45) is 3.65. The third-order valence-corrected chi connectivity index (χ3v) is 18.1. The van der Waals surface area contributed by atoms with Gasteiger partial charge >= 0.3 is 12.1 Å². The molecule has 14 rings (SSSR count). The van der Waals surface area contributed by atoms with Crippen molar-refractivity contribution in [2.75, 3.05) is 33.9 Å². The van der Waals surface area contributed by atoms with Crippen LogP contribution >= 0.6 is 34.0 Å². The van der Waals surface area contributed by atoms with Crippen LogP contribution in [0.25, 0.3) is 81.9 Å². The van der Waals surface area contributed by atoms with Crippen LogP contribution in [-0.4, -0.2) is 107 Å². The SMILES string of the molecule is CCCCN(C(=O)OC(C)(C)C)c1ccc(NC(=O)c2cc(-c3ccc4ncsc4c3)n(-c3cccc(C)n3)n2)cc1.CCCCNc1ccc(NC(=O)c2cc(-c3ccc4ncsc4c3)n(-c3cccc(C)n3)n2)cc1.Cc1cccc(-n2nc(C(=O)O)cc2-c2ccc3ncsc3c2)n1. The summed E-state index contributed by atoms with van der Waals surface area (Å²) >= 11 is 4.68. The minimum Gasteiger partial charge on any atom is -0.476 e. The number of carboxylic acid groups (broad SMARTS) is 1. The molecule has 0 radical (unpaired) electrons. The number of nitrogens with zero attached hydrogens (tertiary/aromatic N) is 13. The van der Waals surface area contributed by atoms with Crippen LogP contribution in [0.3, 0.4) is 0 Å². The molecule has 0 spiro atoms. The van der Waals surface area contributed by atoms with Crippen molar-refractivity contribution in [3.63, 3.8) is 0 Å². The fraction of sp³-hybridized carbons (Fsp3) is 0.197. The second kappa shape index (κ2) is 31.0. The van der Waals surface area contributed by atoms with Crippen LogP contribution in [0.5, 0.6) is 0 Å². The molecule has 0 unspecified atom stereocenters. The van der Waals surface area contributed by atoms with E-state index >= 15 is 0 Å². The first-order chi connectivity index (χ1) is 48.8. The summed E-state index contributed by atoms with van der Waals surface area (Å²) in [6.45, 7) is 17.0. The summed E-state index contributed by atoms with van der Waals surface area (Å²) in [5.41, 5.74) is 18.7. The summed E-state index contributed by atoms with van der Waals surface area (Å²) in [4.78, 5) is 79.1. The Balaban J connectivity index is 0.000000148. The molecular weight excluding hydrogens is 1330 g/mol. The molecule has 9 heterocycles. The lowest BCUT2D eigenvalue weighted by molar-refractivity contribution is 0.0578. The van der Waals surface area contributed by atoms with Crippen LogP contribution < -0.4 is 20.9 Å². The number of ether oxygens (including phenoxy) is 1. The molecule has 25 heteroatoms. The van der Waals surface area contributed by atoms with E-state index in [0.717, 1.165) is 114 Å². The zero-order chi connectivity index (χ0) is 70.7. The molecule has 0 aliphatic rings. The van der Waals surface area contributed by atoms with Gasteiger partial charge in [0.15, 0.2) is 34.5 Å². The van der Waals surface area contributed by atoms with Crippen molar-refractivity contribution in [3.8, 4) is 51.2 Å². The van der Waals surface area contributed by atoms with Crippen LogP contribution in [-0.2, 0) is 4.74 Å². The molecule has 0 saturated heterocycles. The van der Waals surface area contributed by atoms with Crippen LogP contribution in [0.4, 0.5) is 27.5 Å². The van der Waals surface area contributed by atoms with Crippen LogP contribution in [0.15, 0.2) is 192 Å². The van der Waals surface area contributed by atoms with Crippen LogP contribution in [0, 0.1) is 20.8 Å². The predicted octanol–water partition coefficient (Wildman–Crippen LogP) is 17.5. The second-order valence-corrected chi connectivity index (χ2v) is 27.3. The number of unbranched alkanes of at least 4 members (excludes halogenated alkanes) is 2. The maximum Gasteiger partial charge on any atom is 0.414 e. The van der Waals surface area contributed by atoms with Gasteiger partial charge in [-0.05, 0) is 194 Å². The van der Waals surface area contributed by atoms with Gasteiger partial charge in [0.2, 0.25) is 0 Å². The zero-order valence-electron chi connectivity index (χ0n) is 56.7. The number of fused-ring (bicyclic) bond motifs is 3. The first-order valence-corrected chi connectivity index (χ1v) is 35.4. The monoisotopic (exact) mass is 1400 g/mol. The quantitative estimate of drug-likeness (QED) is 0.0548. The second-order valence-electron chi connectivity index (χ2n) is 24.6. The van der Waals surface area contributed by atoms with E-state index in [1.807, 2.05) is 180 Å². The molecule has 5 aromatic carbocycles. The molecule has 22 nitrogen and oxygen atoms in total. The number of hydrogen-bond acceptors (Lipinski definition) is 18. The molecular formula is C76H72N16O6S3. The highest BCUT2D eigenvalue weighted by molar-refractivity contribution is 7.17. The Kier molecular flexibility index (Phi) is 21.3. The minimum atomic E-state index is -1.07. The topological polar surface area (TPSA) is 268 Å². The van der Waals surface area contributed by atoms with Crippen molar-refractivity contribution in [2.45, 2.75) is 86.7 Å². The Hall–Kier alpha value is -11.7. The van der Waals surface area contributed by atoms with Gasteiger partial charge in [-0.2, -0.15) is 15.3 Å². The van der Waals surface area contributed by atoms with E-state index in [-0.39, 0.29) is 23.2 Å². The number of anilines is 4. The average molecular weight is 1400 g/mol. The molecule has 3 amide bonds. The van der Waals surface area contributed by atoms with Crippen molar-refractivity contribution in [1.82, 2.24) is 59.2 Å². The maximum atomic E-state index is 13.4. The third kappa shape index (κ3) is 16.9. The van der Waals surface area contributed by atoms with E-state index in [0.29, 0.717) is 52.4 Å². The van der Waals surface area contributed by atoms with Crippen molar-refractivity contribution >= 4 is 111 Å². The number of aromatic nitrogens is 12. The lowest BCUT2D eigenvalue weighted by Gasteiger charge is -2.27. The standard InChI is InChI=1S/C32H34N6O3S.C27H26N6OS.C17H12N4O2S/c1-6-7-17-37(31(40)41-32(3,4)5)24-14-12-23(13-15-24)35-30(39)26-19-27(22-11-16-25-28(18-22)42-20-33-25)38(36-26)29-10-8-9-21(2)34-29;1-3-4-14-28-20-9-11-21(12-10-20)31-27(34)23-16-24(19-8-13-22-25(15-19)35-17-29-22)33(32-23)26-7-5-6-18(2)30-26;1-10-3-2-4-16(19-10)21-14(8-13(20-21)17(22)23)11-5-6-12-15(7-11)24-9-18-12/h8-16,18-20H,6-7,17H2,1-5H3,(H,35,39);5-13,15-17,28H,3-4,14H2,1-2H3,(H,31,34);2-9H,1H3,(H,22,23). The molecule has 9 aromatic heterocycles. The third-order valence-electron chi connectivity index (χ3n) is 15.8. The smallest absolute Gasteiger partial charge is 0.414 e. The van der Waals surface area contributed by atoms with Gasteiger partial charge in [0.25, 0.3) is 11.8 Å². The predicted molar refractivity (Wildman–Crippen MR) is 402 cm³/mol. The number of thiazole rings is 3. The van der Waals surface area contributed by atoms with E-state index in [9.17, 15) is 24.3 Å². The number of pyridine rings is 3. The number of aromatic carboxylic acids is 1. The molecule has 0 bridgehead atoms. The van der Waals surface area contributed by atoms with Gasteiger partial charge in [-0.15, -0.1) is 34.0 Å². The number of aryl methyl sites for hydroxylation is 3. The Morgan fingerprint density at radius 1 is 0.485 bits per heavy atom. The summed E-state index contributed by atoms with van der Waals surface area (Å²) in [6, 6.07) is 54.9. The molecule has 0 saturated carbocycles. The van der Waals surface area contributed by atoms with Crippen molar-refractivity contribution in [2.24, 2.45) is 0 Å². The van der Waals surface area contributed by atoms with E-state index in [4.69, 9.17) is 4.74 Å². The van der Waals surface area contributed by atoms with Crippen LogP contribution in [0.1, 0.15) is 109 Å². The van der Waals surface area contributed by atoms with Gasteiger partial charge in [0.1, 0.15) is 5.60 Å². The molecule has 101 heavy (non-hydrogen) atoms. The molecule has 0 fully saturated rings. The van der Waals surface area contributed by atoms with E-state index in [1.54, 1.807) is 101 Å². The summed E-state index contributed by atoms with van der Waals surface area (Å²) < 4.78 is 13.8. The first-order valence-electron chi connectivity index (χ1n) is 32.8. The Bertz CT molecular complexity index is 5280. The Morgan fingerprint density at radius 3 is 1.26 bits per heavy atom. The van der Waals surface area contributed by atoms with Gasteiger partial charge in [0, 0.05) is 69.6 Å². The van der Waals surface area contributed by atoms with Gasteiger partial charge in [0.05, 0.1) is 64.3 Å². The normalized spacial score (nSPS) is 11.2. The van der Waals surface area contributed by atoms with Gasteiger partial charge < -0.3 is 25.8 Å². The summed E-state index contributed by atoms with van der Waals surface area (Å²) in [5.74, 6) is 0.161. The van der Waals surface area contributed by atoms with Crippen molar-refractivity contribution in [1.29, 1.82) is 0 Å². The fourth-order valence-electron chi connectivity index (χ4n) is 10.7. The average Bonchev–Trinajstić information content (AvgIpc) is 1.66. The van der Waals surface area contributed by atoms with E-state index in [2.05, 4.69) is 81.1 Å². The van der Waals surface area contributed by atoms with Crippen molar-refractivity contribution in [3.05, 3.63) is 227 Å². The first kappa shape index (κ1) is 69.2. The highest BCUT2D eigenvalue weighted by atomic mass is 32.1. The van der Waals surface area contributed by atoms with Gasteiger partial charge in [-0.3, -0.25) is 14.5 Å².